The number of rotatable bonds is 13. The van der Waals surface area contributed by atoms with Gasteiger partial charge < -0.3 is 14.4 Å². The van der Waals surface area contributed by atoms with Crippen molar-refractivity contribution in [2.75, 3.05) is 18.1 Å². The molecule has 0 saturated heterocycles. The van der Waals surface area contributed by atoms with Crippen molar-refractivity contribution in [3.8, 4) is 0 Å². The fourth-order valence-electron chi connectivity index (χ4n) is 4.16. The summed E-state index contributed by atoms with van der Waals surface area (Å²) < 4.78 is 10.5. The largest absolute Gasteiger partial charge is 0.462 e. The molecule has 0 aliphatic rings. The predicted octanol–water partition coefficient (Wildman–Crippen LogP) is 7.88. The Morgan fingerprint density at radius 2 is 1.28 bits per heavy atom. The SMILES string of the molecule is C=C(C)C(=O)OCCCc1ccc(N(c2ccc(C)c(C)c2)c2ccccc2CCCOC(=O)C(=C)C)cc1. The molecule has 0 radical (unpaired) electrons. The van der Waals surface area contributed by atoms with Gasteiger partial charge in [0.05, 0.1) is 13.2 Å². The lowest BCUT2D eigenvalue weighted by Crippen LogP contribution is -2.13. The van der Waals surface area contributed by atoms with Gasteiger partial charge in [-0.05, 0) is 106 Å². The number of nitrogens with zero attached hydrogens (tertiary/aromatic N) is 1. The van der Waals surface area contributed by atoms with Gasteiger partial charge in [0.25, 0.3) is 0 Å². The summed E-state index contributed by atoms with van der Waals surface area (Å²) in [7, 11) is 0. The standard InChI is InChI=1S/C34H39NO4/c1-24(2)33(36)38-21-9-11-28-16-19-30(20-17-28)35(31-18-15-26(5)27(6)23-31)32-14-8-7-12-29(32)13-10-22-39-34(37)25(3)4/h7-8,12,14-20,23H,1,3,9-11,13,21-22H2,2,4-6H3. The van der Waals surface area contributed by atoms with Crippen LogP contribution in [-0.4, -0.2) is 25.2 Å². The number of carbonyl (C=O) groups excluding carboxylic acids is 2. The van der Waals surface area contributed by atoms with E-state index in [-0.39, 0.29) is 11.9 Å². The summed E-state index contributed by atoms with van der Waals surface area (Å²) in [5, 5.41) is 0. The molecule has 204 valence electrons. The molecule has 3 aromatic carbocycles. The van der Waals surface area contributed by atoms with Crippen LogP contribution in [0.5, 0.6) is 0 Å². The number of benzene rings is 3. The maximum atomic E-state index is 11.8. The van der Waals surface area contributed by atoms with Gasteiger partial charge in [-0.2, -0.15) is 0 Å². The Balaban J connectivity index is 1.83. The van der Waals surface area contributed by atoms with Crippen LogP contribution in [0.4, 0.5) is 17.1 Å². The van der Waals surface area contributed by atoms with Crippen molar-refractivity contribution < 1.29 is 19.1 Å². The summed E-state index contributed by atoms with van der Waals surface area (Å²) in [5.41, 5.74) is 8.87. The molecule has 0 heterocycles. The van der Waals surface area contributed by atoms with E-state index in [1.807, 2.05) is 6.07 Å². The summed E-state index contributed by atoms with van der Waals surface area (Å²) in [6, 6.07) is 23.4. The third-order valence-corrected chi connectivity index (χ3v) is 6.54. The highest BCUT2D eigenvalue weighted by Crippen LogP contribution is 2.38. The summed E-state index contributed by atoms with van der Waals surface area (Å²) in [6.45, 7) is 15.5. The Morgan fingerprint density at radius 3 is 1.87 bits per heavy atom. The minimum absolute atomic E-state index is 0.345. The molecule has 0 spiro atoms. The summed E-state index contributed by atoms with van der Waals surface area (Å²) in [5.74, 6) is -0.698. The maximum Gasteiger partial charge on any atom is 0.333 e. The molecule has 0 unspecified atom stereocenters. The van der Waals surface area contributed by atoms with Crippen molar-refractivity contribution in [1.82, 2.24) is 0 Å². The molecule has 0 N–H and O–H groups in total. The molecular weight excluding hydrogens is 486 g/mol. The third-order valence-electron chi connectivity index (χ3n) is 6.54. The van der Waals surface area contributed by atoms with E-state index in [1.54, 1.807) is 13.8 Å². The van der Waals surface area contributed by atoms with Gasteiger partial charge in [0, 0.05) is 28.2 Å². The lowest BCUT2D eigenvalue weighted by atomic mass is 10.0. The first-order valence-electron chi connectivity index (χ1n) is 13.4. The molecule has 5 heteroatoms. The summed E-state index contributed by atoms with van der Waals surface area (Å²) in [4.78, 5) is 25.7. The van der Waals surface area contributed by atoms with Gasteiger partial charge in [-0.1, -0.05) is 49.6 Å². The number of aryl methyl sites for hydroxylation is 4. The van der Waals surface area contributed by atoms with Gasteiger partial charge in [-0.3, -0.25) is 0 Å². The Hall–Kier alpha value is -4.12. The van der Waals surface area contributed by atoms with Crippen LogP contribution in [0.2, 0.25) is 0 Å². The first-order valence-corrected chi connectivity index (χ1v) is 13.4. The van der Waals surface area contributed by atoms with Crippen molar-refractivity contribution >= 4 is 29.0 Å². The van der Waals surface area contributed by atoms with Crippen LogP contribution in [0.15, 0.2) is 91.0 Å². The van der Waals surface area contributed by atoms with Crippen LogP contribution < -0.4 is 4.90 Å². The third kappa shape index (κ3) is 8.44. The number of hydrogen-bond donors (Lipinski definition) is 0. The van der Waals surface area contributed by atoms with E-state index in [4.69, 9.17) is 9.47 Å². The van der Waals surface area contributed by atoms with Crippen molar-refractivity contribution in [3.05, 3.63) is 113 Å². The average molecular weight is 526 g/mol. The zero-order valence-corrected chi connectivity index (χ0v) is 23.6. The maximum absolute atomic E-state index is 11.8. The molecule has 5 nitrogen and oxygen atoms in total. The number of hydrogen-bond acceptors (Lipinski definition) is 5. The van der Waals surface area contributed by atoms with Crippen molar-refractivity contribution in [3.63, 3.8) is 0 Å². The summed E-state index contributed by atoms with van der Waals surface area (Å²) >= 11 is 0. The molecule has 0 atom stereocenters. The highest BCUT2D eigenvalue weighted by Gasteiger charge is 2.17. The van der Waals surface area contributed by atoms with Crippen LogP contribution in [0.25, 0.3) is 0 Å². The Bertz CT molecular complexity index is 1320. The van der Waals surface area contributed by atoms with Crippen LogP contribution >= 0.6 is 0 Å². The van der Waals surface area contributed by atoms with Gasteiger partial charge in [-0.15, -0.1) is 0 Å². The number of anilines is 3. The highest BCUT2D eigenvalue weighted by atomic mass is 16.5. The average Bonchev–Trinajstić information content (AvgIpc) is 2.92. The Labute approximate surface area is 232 Å². The molecule has 3 rings (SSSR count). The first-order chi connectivity index (χ1) is 18.7. The Kier molecular flexibility index (Phi) is 10.7. The van der Waals surface area contributed by atoms with Gasteiger partial charge >= 0.3 is 11.9 Å². The van der Waals surface area contributed by atoms with Crippen LogP contribution in [0, 0.1) is 13.8 Å². The summed E-state index contributed by atoms with van der Waals surface area (Å²) in [6.07, 6.45) is 3.04. The number of ether oxygens (including phenoxy) is 2. The minimum atomic E-state index is -0.353. The van der Waals surface area contributed by atoms with Gasteiger partial charge in [0.2, 0.25) is 0 Å². The second kappa shape index (κ2) is 14.1. The van der Waals surface area contributed by atoms with Gasteiger partial charge in [0.15, 0.2) is 0 Å². The lowest BCUT2D eigenvalue weighted by molar-refractivity contribution is -0.139. The molecule has 0 bridgehead atoms. The first kappa shape index (κ1) is 29.4. The number of esters is 2. The van der Waals surface area contributed by atoms with Crippen LogP contribution in [0.1, 0.15) is 48.9 Å². The normalized spacial score (nSPS) is 10.6. The quantitative estimate of drug-likeness (QED) is 0.129. The molecular formula is C34H39NO4. The zero-order valence-electron chi connectivity index (χ0n) is 23.6. The number of carbonyl (C=O) groups is 2. The monoisotopic (exact) mass is 525 g/mol. The molecule has 0 fully saturated rings. The van der Waals surface area contributed by atoms with E-state index >= 15 is 0 Å². The van der Waals surface area contributed by atoms with Crippen molar-refractivity contribution in [1.29, 1.82) is 0 Å². The second-order valence-corrected chi connectivity index (χ2v) is 9.94. The minimum Gasteiger partial charge on any atom is -0.462 e. The lowest BCUT2D eigenvalue weighted by Gasteiger charge is -2.28. The number of para-hydroxylation sites is 1. The van der Waals surface area contributed by atoms with Crippen molar-refractivity contribution in [2.24, 2.45) is 0 Å². The van der Waals surface area contributed by atoms with E-state index < -0.39 is 0 Å². The smallest absolute Gasteiger partial charge is 0.333 e. The fourth-order valence-corrected chi connectivity index (χ4v) is 4.16. The van der Waals surface area contributed by atoms with E-state index in [9.17, 15) is 9.59 Å². The topological polar surface area (TPSA) is 55.8 Å². The fraction of sp³-hybridized carbons (Fsp3) is 0.294. The predicted molar refractivity (Wildman–Crippen MR) is 159 cm³/mol. The molecule has 0 aliphatic carbocycles. The van der Waals surface area contributed by atoms with Gasteiger partial charge in [-0.25, -0.2) is 9.59 Å². The molecule has 0 saturated carbocycles. The molecule has 0 amide bonds. The molecule has 0 aliphatic heterocycles. The highest BCUT2D eigenvalue weighted by molar-refractivity contribution is 5.87. The second-order valence-electron chi connectivity index (χ2n) is 9.94. The van der Waals surface area contributed by atoms with E-state index in [2.05, 4.69) is 92.6 Å². The zero-order chi connectivity index (χ0) is 28.4. The molecule has 39 heavy (non-hydrogen) atoms. The Morgan fingerprint density at radius 1 is 0.718 bits per heavy atom. The van der Waals surface area contributed by atoms with Crippen LogP contribution in [0.3, 0.4) is 0 Å². The van der Waals surface area contributed by atoms with Crippen LogP contribution in [-0.2, 0) is 31.9 Å². The molecule has 0 aromatic heterocycles. The van der Waals surface area contributed by atoms with Gasteiger partial charge in [0.1, 0.15) is 0 Å². The van der Waals surface area contributed by atoms with E-state index in [0.717, 1.165) is 36.3 Å². The van der Waals surface area contributed by atoms with E-state index in [1.165, 1.54) is 22.3 Å². The van der Waals surface area contributed by atoms with E-state index in [0.29, 0.717) is 30.8 Å². The van der Waals surface area contributed by atoms with Crippen molar-refractivity contribution in [2.45, 2.75) is 53.4 Å². The molecule has 3 aromatic rings.